The van der Waals surface area contributed by atoms with E-state index in [0.29, 0.717) is 5.11 Å². The number of nitrogens with one attached hydrogen (secondary N) is 2. The van der Waals surface area contributed by atoms with Crippen molar-refractivity contribution in [2.75, 3.05) is 30.1 Å². The molecule has 2 aromatic carbocycles. The van der Waals surface area contributed by atoms with Crippen molar-refractivity contribution in [3.05, 3.63) is 48.0 Å². The molecule has 0 bridgehead atoms. The van der Waals surface area contributed by atoms with Crippen molar-refractivity contribution in [2.45, 2.75) is 32.7 Å². The van der Waals surface area contributed by atoms with Crippen LogP contribution < -0.4 is 25.0 Å². The van der Waals surface area contributed by atoms with E-state index in [9.17, 15) is 0 Å². The lowest BCUT2D eigenvalue weighted by Crippen LogP contribution is -2.33. The van der Waals surface area contributed by atoms with E-state index in [-0.39, 0.29) is 12.8 Å². The zero-order chi connectivity index (χ0) is 19.5. The van der Waals surface area contributed by atoms with Gasteiger partial charge in [-0.2, -0.15) is 0 Å². The first-order valence-corrected chi connectivity index (χ1v) is 10.3. The number of rotatable bonds is 4. The van der Waals surface area contributed by atoms with E-state index in [1.54, 1.807) is 0 Å². The number of hydrogen-bond donors (Lipinski definition) is 2. The summed E-state index contributed by atoms with van der Waals surface area (Å²) in [6.07, 6.45) is 2.55. The molecule has 0 saturated carbocycles. The highest BCUT2D eigenvalue weighted by Crippen LogP contribution is 2.34. The summed E-state index contributed by atoms with van der Waals surface area (Å²) >= 11 is 5.48. The molecule has 148 valence electrons. The molecule has 1 saturated heterocycles. The summed E-state index contributed by atoms with van der Waals surface area (Å²) in [7, 11) is 0. The zero-order valence-corrected chi connectivity index (χ0v) is 17.2. The lowest BCUT2D eigenvalue weighted by Gasteiger charge is -2.32. The topological polar surface area (TPSA) is 45.8 Å². The molecule has 2 aliphatic heterocycles. The molecule has 1 atom stereocenters. The summed E-state index contributed by atoms with van der Waals surface area (Å²) in [6, 6.07) is 14.6. The number of nitrogens with zero attached hydrogens (tertiary/aromatic N) is 1. The fourth-order valence-electron chi connectivity index (χ4n) is 3.66. The van der Waals surface area contributed by atoms with E-state index in [1.165, 1.54) is 24.1 Å². The maximum Gasteiger partial charge on any atom is 0.231 e. The van der Waals surface area contributed by atoms with Gasteiger partial charge in [-0.3, -0.25) is 0 Å². The van der Waals surface area contributed by atoms with Crippen molar-refractivity contribution in [1.82, 2.24) is 5.32 Å². The summed E-state index contributed by atoms with van der Waals surface area (Å²) in [4.78, 5) is 2.48. The number of ether oxygens (including phenoxy) is 2. The maximum atomic E-state index is 5.48. The Hall–Kier alpha value is -2.47. The van der Waals surface area contributed by atoms with Crippen LogP contribution in [0, 0.1) is 5.92 Å². The molecule has 2 aliphatic rings. The van der Waals surface area contributed by atoms with E-state index >= 15 is 0 Å². The van der Waals surface area contributed by atoms with Crippen LogP contribution in [0.3, 0.4) is 0 Å². The number of benzene rings is 2. The highest BCUT2D eigenvalue weighted by molar-refractivity contribution is 7.80. The molecular weight excluding hydrogens is 370 g/mol. The Labute approximate surface area is 172 Å². The van der Waals surface area contributed by atoms with Crippen LogP contribution >= 0.6 is 12.2 Å². The fourth-order valence-corrected chi connectivity index (χ4v) is 3.96. The number of fused-ring (bicyclic) bond motifs is 1. The van der Waals surface area contributed by atoms with Gasteiger partial charge in [-0.15, -0.1) is 0 Å². The van der Waals surface area contributed by atoms with Crippen molar-refractivity contribution >= 4 is 28.7 Å². The van der Waals surface area contributed by atoms with Crippen LogP contribution in [0.5, 0.6) is 11.5 Å². The minimum atomic E-state index is 0.115. The predicted octanol–water partition coefficient (Wildman–Crippen LogP) is 4.70. The highest BCUT2D eigenvalue weighted by atomic mass is 32.1. The molecular formula is C22H27N3O2S. The SMILES string of the molecule is CC1CCN(c2ccc([C@@H](C)NC(=S)Nc3ccc4c(c3)OCO4)cc2)CC1. The number of anilines is 2. The first kappa shape index (κ1) is 18.9. The third-order valence-corrected chi connectivity index (χ3v) is 5.74. The Balaban J connectivity index is 1.32. The largest absolute Gasteiger partial charge is 0.454 e. The van der Waals surface area contributed by atoms with E-state index < -0.39 is 0 Å². The van der Waals surface area contributed by atoms with Crippen LogP contribution in [0.2, 0.25) is 0 Å². The standard InChI is InChI=1S/C22H27N3O2S/c1-15-9-11-25(12-10-15)19-6-3-17(4-7-19)16(2)23-22(28)24-18-5-8-20-21(13-18)27-14-26-20/h3-8,13,15-16H,9-12,14H2,1-2H3,(H2,23,24,28)/t16-/m1/s1. The van der Waals surface area contributed by atoms with Crippen molar-refractivity contribution in [3.8, 4) is 11.5 Å². The molecule has 0 radical (unpaired) electrons. The van der Waals surface area contributed by atoms with Gasteiger partial charge in [0, 0.05) is 30.5 Å². The molecule has 2 N–H and O–H groups in total. The zero-order valence-electron chi connectivity index (χ0n) is 16.4. The van der Waals surface area contributed by atoms with Gasteiger partial charge in [-0.05, 0) is 67.7 Å². The lowest BCUT2D eigenvalue weighted by molar-refractivity contribution is 0.174. The Morgan fingerprint density at radius 2 is 1.79 bits per heavy atom. The van der Waals surface area contributed by atoms with Gasteiger partial charge in [0.05, 0.1) is 6.04 Å². The quantitative estimate of drug-likeness (QED) is 0.729. The second-order valence-corrected chi connectivity index (χ2v) is 8.06. The third kappa shape index (κ3) is 4.33. The van der Waals surface area contributed by atoms with Crippen LogP contribution in [0.15, 0.2) is 42.5 Å². The Morgan fingerprint density at radius 3 is 2.54 bits per heavy atom. The highest BCUT2D eigenvalue weighted by Gasteiger charge is 2.17. The Kier molecular flexibility index (Phi) is 5.57. The smallest absolute Gasteiger partial charge is 0.231 e. The van der Waals surface area contributed by atoms with Crippen molar-refractivity contribution in [1.29, 1.82) is 0 Å². The minimum absolute atomic E-state index is 0.115. The molecule has 2 heterocycles. The number of hydrogen-bond acceptors (Lipinski definition) is 4. The Bertz CT molecular complexity index is 832. The number of thiocarbonyl (C=S) groups is 1. The summed E-state index contributed by atoms with van der Waals surface area (Å²) in [5.41, 5.74) is 3.40. The van der Waals surface area contributed by atoms with Crippen LogP contribution in [-0.4, -0.2) is 25.0 Å². The third-order valence-electron chi connectivity index (χ3n) is 5.52. The average Bonchev–Trinajstić information content (AvgIpc) is 3.16. The molecule has 0 aliphatic carbocycles. The van der Waals surface area contributed by atoms with Gasteiger partial charge in [-0.25, -0.2) is 0 Å². The average molecular weight is 398 g/mol. The Morgan fingerprint density at radius 1 is 1.07 bits per heavy atom. The van der Waals surface area contributed by atoms with Crippen LogP contribution in [-0.2, 0) is 0 Å². The van der Waals surface area contributed by atoms with Crippen LogP contribution in [0.25, 0.3) is 0 Å². The van der Waals surface area contributed by atoms with E-state index in [2.05, 4.69) is 53.6 Å². The van der Waals surface area contributed by atoms with Gasteiger partial charge in [0.15, 0.2) is 16.6 Å². The summed E-state index contributed by atoms with van der Waals surface area (Å²) < 4.78 is 10.7. The van der Waals surface area contributed by atoms with Gasteiger partial charge < -0.3 is 25.0 Å². The normalized spacial score (nSPS) is 17.3. The molecule has 4 rings (SSSR count). The van der Waals surface area contributed by atoms with Crippen molar-refractivity contribution in [3.63, 3.8) is 0 Å². The minimum Gasteiger partial charge on any atom is -0.454 e. The summed E-state index contributed by atoms with van der Waals surface area (Å²) in [5.74, 6) is 2.35. The lowest BCUT2D eigenvalue weighted by atomic mass is 9.98. The second kappa shape index (κ2) is 8.27. The van der Waals surface area contributed by atoms with E-state index in [0.717, 1.165) is 36.2 Å². The van der Waals surface area contributed by atoms with E-state index in [1.807, 2.05) is 18.2 Å². The second-order valence-electron chi connectivity index (χ2n) is 7.65. The molecule has 0 unspecified atom stereocenters. The molecule has 5 nitrogen and oxygen atoms in total. The van der Waals surface area contributed by atoms with E-state index in [4.69, 9.17) is 21.7 Å². The van der Waals surface area contributed by atoms with Crippen molar-refractivity contribution < 1.29 is 9.47 Å². The molecule has 6 heteroatoms. The molecule has 0 aromatic heterocycles. The molecule has 1 fully saturated rings. The molecule has 0 spiro atoms. The van der Waals surface area contributed by atoms with Gasteiger partial charge in [0.25, 0.3) is 0 Å². The van der Waals surface area contributed by atoms with Gasteiger partial charge >= 0.3 is 0 Å². The van der Waals surface area contributed by atoms with Crippen LogP contribution in [0.4, 0.5) is 11.4 Å². The van der Waals surface area contributed by atoms with Crippen LogP contribution in [0.1, 0.15) is 38.3 Å². The molecule has 2 aromatic rings. The number of piperidine rings is 1. The maximum absolute atomic E-state index is 5.48. The monoisotopic (exact) mass is 397 g/mol. The van der Waals surface area contributed by atoms with Gasteiger partial charge in [-0.1, -0.05) is 19.1 Å². The molecule has 28 heavy (non-hydrogen) atoms. The van der Waals surface area contributed by atoms with Crippen molar-refractivity contribution in [2.24, 2.45) is 5.92 Å². The summed E-state index contributed by atoms with van der Waals surface area (Å²) in [6.45, 7) is 7.03. The summed E-state index contributed by atoms with van der Waals surface area (Å²) in [5, 5.41) is 7.15. The fraction of sp³-hybridized carbons (Fsp3) is 0.409. The van der Waals surface area contributed by atoms with Gasteiger partial charge in [0.1, 0.15) is 0 Å². The predicted molar refractivity (Wildman–Crippen MR) is 117 cm³/mol. The first-order chi connectivity index (χ1) is 13.6. The van der Waals surface area contributed by atoms with Gasteiger partial charge in [0.2, 0.25) is 6.79 Å². The molecule has 0 amide bonds. The first-order valence-electron chi connectivity index (χ1n) is 9.90.